The van der Waals surface area contributed by atoms with Crippen molar-refractivity contribution < 1.29 is 4.92 Å². The number of rotatable bonds is 5. The van der Waals surface area contributed by atoms with Crippen molar-refractivity contribution in [3.05, 3.63) is 82.4 Å². The molecular formula is C18H13N7O2. The quantitative estimate of drug-likeness (QED) is 0.333. The van der Waals surface area contributed by atoms with Gasteiger partial charge in [0.2, 0.25) is 0 Å². The molecule has 0 fully saturated rings. The third-order valence-electron chi connectivity index (χ3n) is 3.81. The molecule has 4 rings (SSSR count). The van der Waals surface area contributed by atoms with E-state index in [1.165, 1.54) is 12.3 Å². The van der Waals surface area contributed by atoms with Gasteiger partial charge >= 0.3 is 0 Å². The largest absolute Gasteiger partial charge is 0.278 e. The first-order chi connectivity index (χ1) is 13.2. The van der Waals surface area contributed by atoms with Crippen molar-refractivity contribution in [3.63, 3.8) is 0 Å². The highest BCUT2D eigenvalue weighted by atomic mass is 16.6. The molecule has 9 heteroatoms. The zero-order valence-corrected chi connectivity index (χ0v) is 13.9. The monoisotopic (exact) mass is 359 g/mol. The molecule has 0 radical (unpaired) electrons. The van der Waals surface area contributed by atoms with E-state index in [1.807, 2.05) is 30.3 Å². The van der Waals surface area contributed by atoms with Gasteiger partial charge in [-0.3, -0.25) is 15.5 Å². The number of para-hydroxylation sites is 1. The van der Waals surface area contributed by atoms with E-state index in [0.29, 0.717) is 22.9 Å². The third-order valence-corrected chi connectivity index (χ3v) is 3.81. The Morgan fingerprint density at radius 1 is 1.00 bits per heavy atom. The van der Waals surface area contributed by atoms with Crippen molar-refractivity contribution >= 4 is 23.4 Å². The van der Waals surface area contributed by atoms with E-state index >= 15 is 0 Å². The molecule has 9 nitrogen and oxygen atoms in total. The summed E-state index contributed by atoms with van der Waals surface area (Å²) in [7, 11) is 0. The molecule has 0 unspecified atom stereocenters. The molecule has 0 atom stereocenters. The van der Waals surface area contributed by atoms with Crippen LogP contribution in [0.5, 0.6) is 0 Å². The molecule has 2 aromatic heterocycles. The number of nitrogens with one attached hydrogen (secondary N) is 1. The van der Waals surface area contributed by atoms with Crippen LogP contribution in [-0.4, -0.2) is 30.9 Å². The number of fused-ring (bicyclic) bond motifs is 1. The summed E-state index contributed by atoms with van der Waals surface area (Å²) < 4.78 is 1.61. The second-order valence-corrected chi connectivity index (χ2v) is 5.56. The Morgan fingerprint density at radius 3 is 2.59 bits per heavy atom. The number of anilines is 1. The van der Waals surface area contributed by atoms with Gasteiger partial charge in [-0.1, -0.05) is 42.5 Å². The average Bonchev–Trinajstić information content (AvgIpc) is 3.12. The lowest BCUT2D eigenvalue weighted by Crippen LogP contribution is -2.01. The van der Waals surface area contributed by atoms with Crippen LogP contribution in [0.4, 0.5) is 11.5 Å². The summed E-state index contributed by atoms with van der Waals surface area (Å²) in [5.41, 5.74) is 4.64. The van der Waals surface area contributed by atoms with Crippen molar-refractivity contribution in [2.75, 3.05) is 5.43 Å². The molecule has 0 bridgehead atoms. The second-order valence-electron chi connectivity index (χ2n) is 5.56. The van der Waals surface area contributed by atoms with Crippen LogP contribution in [0.15, 0.2) is 71.8 Å². The molecule has 0 aliphatic rings. The Labute approximate surface area is 153 Å². The molecule has 2 heterocycles. The minimum atomic E-state index is -0.449. The fourth-order valence-corrected chi connectivity index (χ4v) is 2.55. The van der Waals surface area contributed by atoms with Crippen LogP contribution in [0.3, 0.4) is 0 Å². The van der Waals surface area contributed by atoms with E-state index in [4.69, 9.17) is 0 Å². The predicted octanol–water partition coefficient (Wildman–Crippen LogP) is 3.15. The van der Waals surface area contributed by atoms with Crippen molar-refractivity contribution in [3.8, 4) is 11.4 Å². The minimum absolute atomic E-state index is 0.0170. The SMILES string of the molecule is O=[N+]([O-])c1ccccc1/C=N\Nc1ccc2nnc(-c3ccccc3)n2n1. The van der Waals surface area contributed by atoms with Gasteiger partial charge in [-0.2, -0.15) is 9.62 Å². The number of nitro groups is 1. The first-order valence-electron chi connectivity index (χ1n) is 8.03. The van der Waals surface area contributed by atoms with Gasteiger partial charge in [0, 0.05) is 11.6 Å². The van der Waals surface area contributed by atoms with Crippen LogP contribution < -0.4 is 5.43 Å². The molecule has 0 amide bonds. The summed E-state index contributed by atoms with van der Waals surface area (Å²) in [6.45, 7) is 0. The van der Waals surface area contributed by atoms with Crippen LogP contribution in [0, 0.1) is 10.1 Å². The Hall–Kier alpha value is -4.14. The predicted molar refractivity (Wildman–Crippen MR) is 101 cm³/mol. The molecule has 0 spiro atoms. The summed E-state index contributed by atoms with van der Waals surface area (Å²) >= 11 is 0. The van der Waals surface area contributed by atoms with Crippen molar-refractivity contribution in [1.82, 2.24) is 19.8 Å². The van der Waals surface area contributed by atoms with Crippen LogP contribution >= 0.6 is 0 Å². The molecule has 0 saturated carbocycles. The minimum Gasteiger partial charge on any atom is -0.260 e. The van der Waals surface area contributed by atoms with Gasteiger partial charge in [-0.15, -0.1) is 15.3 Å². The van der Waals surface area contributed by atoms with Gasteiger partial charge < -0.3 is 0 Å². The zero-order chi connectivity index (χ0) is 18.6. The molecule has 0 aliphatic carbocycles. The van der Waals surface area contributed by atoms with Crippen molar-refractivity contribution in [1.29, 1.82) is 0 Å². The van der Waals surface area contributed by atoms with Gasteiger partial charge in [-0.25, -0.2) is 0 Å². The number of hydrogen-bond donors (Lipinski definition) is 1. The third kappa shape index (κ3) is 3.33. The number of nitro benzene ring substituents is 1. The smallest absolute Gasteiger partial charge is 0.260 e. The van der Waals surface area contributed by atoms with Gasteiger partial charge in [0.1, 0.15) is 0 Å². The number of hydrogen-bond acceptors (Lipinski definition) is 7. The lowest BCUT2D eigenvalue weighted by Gasteiger charge is -2.02. The van der Waals surface area contributed by atoms with Crippen LogP contribution in [0.25, 0.3) is 17.0 Å². The number of nitrogens with zero attached hydrogens (tertiary/aromatic N) is 6. The summed E-state index contributed by atoms with van der Waals surface area (Å²) in [5.74, 6) is 1.06. The summed E-state index contributed by atoms with van der Waals surface area (Å²) in [6.07, 6.45) is 1.38. The van der Waals surface area contributed by atoms with Crippen LogP contribution in [0.1, 0.15) is 5.56 Å². The maximum atomic E-state index is 11.0. The standard InChI is InChI=1S/C18H13N7O2/c26-25(27)15-9-5-4-8-14(15)12-19-20-16-10-11-17-21-22-18(24(17)23-16)13-6-2-1-3-7-13/h1-12H,(H,20,23)/b19-12-. The van der Waals surface area contributed by atoms with Gasteiger partial charge in [0.05, 0.1) is 16.7 Å². The molecular weight excluding hydrogens is 346 g/mol. The highest BCUT2D eigenvalue weighted by Crippen LogP contribution is 2.18. The van der Waals surface area contributed by atoms with E-state index in [0.717, 1.165) is 5.56 Å². The van der Waals surface area contributed by atoms with E-state index < -0.39 is 4.92 Å². The first-order valence-corrected chi connectivity index (χ1v) is 8.03. The maximum Gasteiger partial charge on any atom is 0.278 e. The van der Waals surface area contributed by atoms with E-state index in [9.17, 15) is 10.1 Å². The van der Waals surface area contributed by atoms with E-state index in [1.54, 1.807) is 34.8 Å². The maximum absolute atomic E-state index is 11.0. The van der Waals surface area contributed by atoms with Gasteiger partial charge in [0.15, 0.2) is 17.3 Å². The second kappa shape index (κ2) is 7.00. The summed E-state index contributed by atoms with van der Waals surface area (Å²) in [6, 6.07) is 19.4. The Morgan fingerprint density at radius 2 is 1.78 bits per heavy atom. The highest BCUT2D eigenvalue weighted by Gasteiger charge is 2.11. The Bertz CT molecular complexity index is 1140. The van der Waals surface area contributed by atoms with Gasteiger partial charge in [0.25, 0.3) is 5.69 Å². The number of hydrazone groups is 1. The van der Waals surface area contributed by atoms with Crippen molar-refractivity contribution in [2.45, 2.75) is 0 Å². The summed E-state index contributed by atoms with van der Waals surface area (Å²) in [5, 5.41) is 27.8. The lowest BCUT2D eigenvalue weighted by atomic mass is 10.2. The van der Waals surface area contributed by atoms with Crippen LogP contribution in [0.2, 0.25) is 0 Å². The normalized spacial score (nSPS) is 11.1. The van der Waals surface area contributed by atoms with E-state index in [2.05, 4.69) is 25.8 Å². The fourth-order valence-electron chi connectivity index (χ4n) is 2.55. The highest BCUT2D eigenvalue weighted by molar-refractivity contribution is 5.85. The van der Waals surface area contributed by atoms with Crippen LogP contribution in [-0.2, 0) is 0 Å². The molecule has 2 aromatic carbocycles. The molecule has 0 aliphatic heterocycles. The number of benzene rings is 2. The molecule has 27 heavy (non-hydrogen) atoms. The van der Waals surface area contributed by atoms with Gasteiger partial charge in [-0.05, 0) is 18.2 Å². The number of aromatic nitrogens is 4. The molecule has 0 saturated heterocycles. The Kier molecular flexibility index (Phi) is 4.24. The van der Waals surface area contributed by atoms with Crippen molar-refractivity contribution in [2.24, 2.45) is 5.10 Å². The Balaban J connectivity index is 1.61. The molecule has 4 aromatic rings. The molecule has 132 valence electrons. The summed E-state index contributed by atoms with van der Waals surface area (Å²) in [4.78, 5) is 10.6. The lowest BCUT2D eigenvalue weighted by molar-refractivity contribution is -0.385. The van der Waals surface area contributed by atoms with E-state index in [-0.39, 0.29) is 5.69 Å². The fraction of sp³-hybridized carbons (Fsp3) is 0. The zero-order valence-electron chi connectivity index (χ0n) is 13.9. The molecule has 1 N–H and O–H groups in total. The first kappa shape index (κ1) is 16.3. The average molecular weight is 359 g/mol. The topological polar surface area (TPSA) is 111 Å².